The van der Waals surface area contributed by atoms with Crippen LogP contribution in [0.3, 0.4) is 0 Å². The van der Waals surface area contributed by atoms with E-state index in [1.165, 1.54) is 7.11 Å². The molecule has 0 saturated heterocycles. The lowest BCUT2D eigenvalue weighted by atomic mass is 10.2. The molecular weight excluding hydrogens is 170 g/mol. The zero-order valence-electron chi connectivity index (χ0n) is 7.57. The highest BCUT2D eigenvalue weighted by Crippen LogP contribution is 2.14. The Balaban J connectivity index is 2.92. The van der Waals surface area contributed by atoms with Gasteiger partial charge in [0.2, 0.25) is 5.88 Å². The summed E-state index contributed by atoms with van der Waals surface area (Å²) in [6.07, 6.45) is -0.0728. The zero-order valence-corrected chi connectivity index (χ0v) is 7.57. The first kappa shape index (κ1) is 9.51. The maximum Gasteiger partial charge on any atom is 0.309 e. The summed E-state index contributed by atoms with van der Waals surface area (Å²) in [5, 5.41) is 8.52. The smallest absolute Gasteiger partial charge is 0.309 e. The molecule has 0 radical (unpaired) electrons. The Hall–Kier alpha value is -1.58. The molecule has 0 fully saturated rings. The van der Waals surface area contributed by atoms with Crippen LogP contribution in [0.25, 0.3) is 0 Å². The van der Waals surface area contributed by atoms with E-state index in [1.807, 2.05) is 6.92 Å². The molecule has 1 aromatic heterocycles. The Morgan fingerprint density at radius 3 is 2.85 bits per heavy atom. The fraction of sp³-hybridized carbons (Fsp3) is 0.333. The van der Waals surface area contributed by atoms with E-state index in [-0.39, 0.29) is 6.42 Å². The van der Waals surface area contributed by atoms with E-state index >= 15 is 0 Å². The van der Waals surface area contributed by atoms with Crippen LogP contribution in [0.15, 0.2) is 12.1 Å². The predicted molar refractivity (Wildman–Crippen MR) is 46.9 cm³/mol. The number of carboxylic acids is 1. The first-order valence-electron chi connectivity index (χ1n) is 3.86. The average molecular weight is 181 g/mol. The number of aromatic nitrogens is 1. The van der Waals surface area contributed by atoms with Crippen molar-refractivity contribution in [1.29, 1.82) is 0 Å². The molecule has 0 amide bonds. The molecule has 4 nitrogen and oxygen atoms in total. The highest BCUT2D eigenvalue weighted by atomic mass is 16.5. The highest BCUT2D eigenvalue weighted by Gasteiger charge is 2.05. The molecule has 1 heterocycles. The van der Waals surface area contributed by atoms with Crippen LogP contribution in [-0.2, 0) is 11.2 Å². The minimum absolute atomic E-state index is 0.0728. The van der Waals surface area contributed by atoms with Gasteiger partial charge in [0.15, 0.2) is 0 Å². The summed E-state index contributed by atoms with van der Waals surface area (Å²) in [6, 6.07) is 3.48. The fourth-order valence-corrected chi connectivity index (χ4v) is 1.01. The van der Waals surface area contributed by atoms with Gasteiger partial charge in [0.05, 0.1) is 19.2 Å². The minimum Gasteiger partial charge on any atom is -0.481 e. The minimum atomic E-state index is -0.890. The number of hydrogen-bond acceptors (Lipinski definition) is 3. The van der Waals surface area contributed by atoms with E-state index in [0.717, 1.165) is 5.56 Å². The lowest BCUT2D eigenvalue weighted by Crippen LogP contribution is -2.03. The summed E-state index contributed by atoms with van der Waals surface area (Å²) in [7, 11) is 1.51. The van der Waals surface area contributed by atoms with Crippen LogP contribution in [-0.4, -0.2) is 23.2 Å². The van der Waals surface area contributed by atoms with Crippen molar-refractivity contribution in [2.45, 2.75) is 13.3 Å². The molecule has 0 unspecified atom stereocenters. The predicted octanol–water partition coefficient (Wildman–Crippen LogP) is 1.03. The van der Waals surface area contributed by atoms with Crippen molar-refractivity contribution >= 4 is 5.97 Å². The number of nitrogens with zero attached hydrogens (tertiary/aromatic N) is 1. The number of carbonyl (C=O) groups is 1. The van der Waals surface area contributed by atoms with Crippen LogP contribution < -0.4 is 4.74 Å². The van der Waals surface area contributed by atoms with Crippen molar-refractivity contribution in [2.75, 3.05) is 7.11 Å². The zero-order chi connectivity index (χ0) is 9.84. The van der Waals surface area contributed by atoms with Gasteiger partial charge < -0.3 is 9.84 Å². The third kappa shape index (κ3) is 2.43. The molecule has 0 aliphatic carbocycles. The maximum absolute atomic E-state index is 10.4. The van der Waals surface area contributed by atoms with Crippen molar-refractivity contribution in [1.82, 2.24) is 4.98 Å². The molecule has 1 N–H and O–H groups in total. The molecule has 13 heavy (non-hydrogen) atoms. The molecule has 0 aromatic carbocycles. The molecule has 1 aromatic rings. The molecule has 70 valence electrons. The normalized spacial score (nSPS) is 9.69. The van der Waals surface area contributed by atoms with Crippen molar-refractivity contribution in [3.8, 4) is 5.88 Å². The van der Waals surface area contributed by atoms with E-state index in [9.17, 15) is 4.79 Å². The van der Waals surface area contributed by atoms with E-state index < -0.39 is 5.97 Å². The largest absolute Gasteiger partial charge is 0.481 e. The Morgan fingerprint density at radius 1 is 1.62 bits per heavy atom. The molecule has 0 bridgehead atoms. The Morgan fingerprint density at radius 2 is 2.31 bits per heavy atom. The second-order valence-electron chi connectivity index (χ2n) is 2.70. The summed E-state index contributed by atoms with van der Waals surface area (Å²) in [4.78, 5) is 14.4. The SMILES string of the molecule is COc1nc(CC(=O)O)ccc1C. The fourth-order valence-electron chi connectivity index (χ4n) is 1.01. The number of aliphatic carboxylic acids is 1. The lowest BCUT2D eigenvalue weighted by molar-refractivity contribution is -0.136. The van der Waals surface area contributed by atoms with E-state index in [4.69, 9.17) is 9.84 Å². The van der Waals surface area contributed by atoms with Crippen LogP contribution in [0.5, 0.6) is 5.88 Å². The van der Waals surface area contributed by atoms with Gasteiger partial charge in [-0.25, -0.2) is 4.98 Å². The van der Waals surface area contributed by atoms with E-state index in [2.05, 4.69) is 4.98 Å². The van der Waals surface area contributed by atoms with Gasteiger partial charge in [-0.15, -0.1) is 0 Å². The molecule has 4 heteroatoms. The van der Waals surface area contributed by atoms with Gasteiger partial charge in [-0.1, -0.05) is 6.07 Å². The number of hydrogen-bond donors (Lipinski definition) is 1. The number of pyridine rings is 1. The molecule has 0 saturated carbocycles. The van der Waals surface area contributed by atoms with Gasteiger partial charge >= 0.3 is 5.97 Å². The van der Waals surface area contributed by atoms with Gasteiger partial charge in [-0.05, 0) is 13.0 Å². The monoisotopic (exact) mass is 181 g/mol. The standard InChI is InChI=1S/C9H11NO3/c1-6-3-4-7(5-8(11)12)10-9(6)13-2/h3-4H,5H2,1-2H3,(H,11,12). The Labute approximate surface area is 76.2 Å². The third-order valence-electron chi connectivity index (χ3n) is 1.63. The first-order valence-corrected chi connectivity index (χ1v) is 3.86. The molecule has 0 aliphatic heterocycles. The summed E-state index contributed by atoms with van der Waals surface area (Å²) < 4.78 is 4.96. The Bertz CT molecular complexity index is 323. The molecule has 0 atom stereocenters. The number of methoxy groups -OCH3 is 1. The lowest BCUT2D eigenvalue weighted by Gasteiger charge is -2.04. The van der Waals surface area contributed by atoms with E-state index in [0.29, 0.717) is 11.6 Å². The molecule has 0 aliphatic rings. The van der Waals surface area contributed by atoms with Crippen molar-refractivity contribution in [2.24, 2.45) is 0 Å². The number of ether oxygens (including phenoxy) is 1. The van der Waals surface area contributed by atoms with Crippen LogP contribution >= 0.6 is 0 Å². The van der Waals surface area contributed by atoms with Crippen molar-refractivity contribution in [3.05, 3.63) is 23.4 Å². The van der Waals surface area contributed by atoms with Crippen molar-refractivity contribution < 1.29 is 14.6 Å². The number of aryl methyl sites for hydroxylation is 1. The third-order valence-corrected chi connectivity index (χ3v) is 1.63. The quantitative estimate of drug-likeness (QED) is 0.756. The van der Waals surface area contributed by atoms with Crippen LogP contribution in [0.2, 0.25) is 0 Å². The van der Waals surface area contributed by atoms with Crippen LogP contribution in [0.4, 0.5) is 0 Å². The van der Waals surface area contributed by atoms with Gasteiger partial charge in [-0.2, -0.15) is 0 Å². The van der Waals surface area contributed by atoms with E-state index in [1.54, 1.807) is 12.1 Å². The molecule has 1 rings (SSSR count). The topological polar surface area (TPSA) is 59.4 Å². The second kappa shape index (κ2) is 3.89. The summed E-state index contributed by atoms with van der Waals surface area (Å²) in [6.45, 7) is 1.86. The highest BCUT2D eigenvalue weighted by molar-refractivity contribution is 5.69. The van der Waals surface area contributed by atoms with Crippen molar-refractivity contribution in [3.63, 3.8) is 0 Å². The average Bonchev–Trinajstić information content (AvgIpc) is 2.07. The number of rotatable bonds is 3. The Kier molecular flexibility index (Phi) is 2.84. The van der Waals surface area contributed by atoms with Gasteiger partial charge in [0, 0.05) is 5.56 Å². The van der Waals surface area contributed by atoms with Gasteiger partial charge in [0.1, 0.15) is 0 Å². The number of carboxylic acid groups (broad SMARTS) is 1. The van der Waals surface area contributed by atoms with Gasteiger partial charge in [0.25, 0.3) is 0 Å². The molecule has 0 spiro atoms. The summed E-state index contributed by atoms with van der Waals surface area (Å²) >= 11 is 0. The van der Waals surface area contributed by atoms with Crippen LogP contribution in [0.1, 0.15) is 11.3 Å². The first-order chi connectivity index (χ1) is 6.13. The maximum atomic E-state index is 10.4. The van der Waals surface area contributed by atoms with Crippen LogP contribution in [0, 0.1) is 6.92 Å². The molecular formula is C9H11NO3. The summed E-state index contributed by atoms with van der Waals surface area (Å²) in [5.74, 6) is -0.405. The second-order valence-corrected chi connectivity index (χ2v) is 2.70. The summed E-state index contributed by atoms with van der Waals surface area (Å²) in [5.41, 5.74) is 1.41. The van der Waals surface area contributed by atoms with Gasteiger partial charge in [-0.3, -0.25) is 4.79 Å².